The van der Waals surface area contributed by atoms with Crippen molar-refractivity contribution in [1.82, 2.24) is 0 Å². The molecule has 25 heavy (non-hydrogen) atoms. The van der Waals surface area contributed by atoms with E-state index in [1.165, 1.54) is 0 Å². The highest BCUT2D eigenvalue weighted by atomic mass is 16.5. The average molecular weight is 339 g/mol. The van der Waals surface area contributed by atoms with E-state index in [0.717, 1.165) is 29.4 Å². The minimum absolute atomic E-state index is 0.0299. The summed E-state index contributed by atoms with van der Waals surface area (Å²) in [5, 5.41) is 6.53. The van der Waals surface area contributed by atoms with Crippen LogP contribution in [-0.4, -0.2) is 31.1 Å². The van der Waals surface area contributed by atoms with Gasteiger partial charge in [-0.15, -0.1) is 0 Å². The van der Waals surface area contributed by atoms with Crippen molar-refractivity contribution in [3.8, 4) is 5.75 Å². The largest absolute Gasteiger partial charge is 0.497 e. The molecule has 5 heteroatoms. The molecular weight excluding hydrogens is 314 g/mol. The lowest BCUT2D eigenvalue weighted by atomic mass is 9.97. The van der Waals surface area contributed by atoms with Crippen LogP contribution < -0.4 is 20.3 Å². The number of amides is 1. The molecule has 0 radical (unpaired) electrons. The molecule has 1 atom stereocenters. The van der Waals surface area contributed by atoms with E-state index in [4.69, 9.17) is 4.74 Å². The highest BCUT2D eigenvalue weighted by Crippen LogP contribution is 2.35. The molecule has 0 saturated carbocycles. The van der Waals surface area contributed by atoms with Gasteiger partial charge < -0.3 is 20.3 Å². The first-order valence-corrected chi connectivity index (χ1v) is 8.48. The maximum absolute atomic E-state index is 12.8. The first-order valence-electron chi connectivity index (χ1n) is 8.48. The third-order valence-electron chi connectivity index (χ3n) is 4.46. The lowest BCUT2D eigenvalue weighted by molar-refractivity contribution is -0.117. The molecule has 1 amide bonds. The van der Waals surface area contributed by atoms with Crippen LogP contribution in [0.3, 0.4) is 0 Å². The number of anilines is 3. The van der Waals surface area contributed by atoms with Crippen molar-refractivity contribution in [2.75, 3.05) is 29.2 Å². The fourth-order valence-electron chi connectivity index (χ4n) is 3.15. The van der Waals surface area contributed by atoms with Crippen LogP contribution in [0.4, 0.5) is 17.1 Å². The summed E-state index contributed by atoms with van der Waals surface area (Å²) >= 11 is 0. The summed E-state index contributed by atoms with van der Waals surface area (Å²) in [4.78, 5) is 14.9. The van der Waals surface area contributed by atoms with Gasteiger partial charge in [0.15, 0.2) is 0 Å². The van der Waals surface area contributed by atoms with Crippen LogP contribution in [0.15, 0.2) is 48.5 Å². The van der Waals surface area contributed by atoms with Gasteiger partial charge in [-0.05, 0) is 57.2 Å². The van der Waals surface area contributed by atoms with E-state index in [2.05, 4.69) is 41.5 Å². The number of methoxy groups -OCH3 is 1. The van der Waals surface area contributed by atoms with Crippen LogP contribution in [0.1, 0.15) is 20.8 Å². The van der Waals surface area contributed by atoms with Gasteiger partial charge >= 0.3 is 0 Å². The van der Waals surface area contributed by atoms with Crippen molar-refractivity contribution in [1.29, 1.82) is 0 Å². The van der Waals surface area contributed by atoms with Crippen molar-refractivity contribution < 1.29 is 9.53 Å². The van der Waals surface area contributed by atoms with Crippen molar-refractivity contribution in [2.24, 2.45) is 0 Å². The number of rotatable bonds is 4. The third kappa shape index (κ3) is 3.71. The lowest BCUT2D eigenvalue weighted by Gasteiger charge is -2.44. The predicted molar refractivity (Wildman–Crippen MR) is 103 cm³/mol. The van der Waals surface area contributed by atoms with E-state index in [1.54, 1.807) is 7.11 Å². The van der Waals surface area contributed by atoms with Crippen LogP contribution in [-0.2, 0) is 4.79 Å². The number of carbonyl (C=O) groups excluding carboxylic acids is 1. The first kappa shape index (κ1) is 17.1. The number of ether oxygens (including phenoxy) is 1. The summed E-state index contributed by atoms with van der Waals surface area (Å²) in [5.74, 6) is 0.737. The lowest BCUT2D eigenvalue weighted by Crippen LogP contribution is -2.54. The van der Waals surface area contributed by atoms with Crippen molar-refractivity contribution in [3.05, 3.63) is 48.5 Å². The van der Waals surface area contributed by atoms with E-state index in [9.17, 15) is 4.79 Å². The summed E-state index contributed by atoms with van der Waals surface area (Å²) in [7, 11) is 1.62. The Bertz CT molecular complexity index is 756. The zero-order valence-corrected chi connectivity index (χ0v) is 15.2. The minimum Gasteiger partial charge on any atom is -0.497 e. The van der Waals surface area contributed by atoms with Crippen molar-refractivity contribution >= 4 is 23.0 Å². The summed E-state index contributed by atoms with van der Waals surface area (Å²) in [6, 6.07) is 15.2. The van der Waals surface area contributed by atoms with Gasteiger partial charge in [-0.3, -0.25) is 4.79 Å². The molecule has 2 N–H and O–H groups in total. The molecule has 5 nitrogen and oxygen atoms in total. The smallest absolute Gasteiger partial charge is 0.246 e. The van der Waals surface area contributed by atoms with Crippen molar-refractivity contribution in [2.45, 2.75) is 32.4 Å². The van der Waals surface area contributed by atoms with Gasteiger partial charge in [0, 0.05) is 17.8 Å². The summed E-state index contributed by atoms with van der Waals surface area (Å²) in [6.45, 7) is 6.98. The Labute approximate surface area is 149 Å². The Morgan fingerprint density at radius 1 is 1.20 bits per heavy atom. The van der Waals surface area contributed by atoms with Crippen LogP contribution in [0.25, 0.3) is 0 Å². The van der Waals surface area contributed by atoms with Crippen LogP contribution in [0, 0.1) is 0 Å². The van der Waals surface area contributed by atoms with Gasteiger partial charge in [0.2, 0.25) is 5.91 Å². The van der Waals surface area contributed by atoms with E-state index in [1.807, 2.05) is 43.3 Å². The molecule has 132 valence electrons. The Kier molecular flexibility index (Phi) is 4.57. The molecule has 0 aromatic heterocycles. The number of fused-ring (bicyclic) bond motifs is 1. The fourth-order valence-corrected chi connectivity index (χ4v) is 3.15. The molecular formula is C20H25N3O2. The zero-order chi connectivity index (χ0) is 18.0. The maximum Gasteiger partial charge on any atom is 0.246 e. The topological polar surface area (TPSA) is 53.6 Å². The average Bonchev–Trinajstić information content (AvgIpc) is 2.60. The minimum atomic E-state index is -0.287. The van der Waals surface area contributed by atoms with E-state index < -0.39 is 0 Å². The molecule has 2 aromatic rings. The Morgan fingerprint density at radius 3 is 2.56 bits per heavy atom. The summed E-state index contributed by atoms with van der Waals surface area (Å²) in [6.07, 6.45) is 0. The quantitative estimate of drug-likeness (QED) is 0.891. The molecule has 0 spiro atoms. The van der Waals surface area contributed by atoms with Gasteiger partial charge in [-0.1, -0.05) is 12.1 Å². The van der Waals surface area contributed by atoms with Gasteiger partial charge in [-0.25, -0.2) is 0 Å². The zero-order valence-electron chi connectivity index (χ0n) is 15.2. The maximum atomic E-state index is 12.8. The first-order chi connectivity index (χ1) is 11.9. The molecule has 0 bridgehead atoms. The monoisotopic (exact) mass is 339 g/mol. The molecule has 0 aliphatic carbocycles. The van der Waals surface area contributed by atoms with Crippen molar-refractivity contribution in [3.63, 3.8) is 0 Å². The molecule has 1 unspecified atom stereocenters. The highest BCUT2D eigenvalue weighted by Gasteiger charge is 2.34. The number of hydrogen-bond donors (Lipinski definition) is 2. The predicted octanol–water partition coefficient (Wildman–Crippen LogP) is 3.73. The molecule has 0 saturated heterocycles. The van der Waals surface area contributed by atoms with E-state index in [-0.39, 0.29) is 17.5 Å². The SMILES string of the molecule is COc1ccc(NC(=O)C(C)N2CC(C)(C)Nc3ccccc32)cc1. The fraction of sp³-hybridized carbons (Fsp3) is 0.350. The molecule has 3 rings (SSSR count). The van der Waals surface area contributed by atoms with Crippen LogP contribution in [0.2, 0.25) is 0 Å². The molecule has 1 heterocycles. The van der Waals surface area contributed by atoms with Gasteiger partial charge in [-0.2, -0.15) is 0 Å². The number of nitrogens with one attached hydrogen (secondary N) is 2. The number of hydrogen-bond acceptors (Lipinski definition) is 4. The highest BCUT2D eigenvalue weighted by molar-refractivity contribution is 5.97. The summed E-state index contributed by atoms with van der Waals surface area (Å²) in [5.41, 5.74) is 2.77. The number of para-hydroxylation sites is 2. The second kappa shape index (κ2) is 6.67. The van der Waals surface area contributed by atoms with Crippen LogP contribution >= 0.6 is 0 Å². The second-order valence-electron chi connectivity index (χ2n) is 7.05. The van der Waals surface area contributed by atoms with Gasteiger partial charge in [0.1, 0.15) is 11.8 Å². The number of nitrogens with zero attached hydrogens (tertiary/aromatic N) is 1. The Balaban J connectivity index is 1.79. The molecule has 2 aromatic carbocycles. The van der Waals surface area contributed by atoms with E-state index >= 15 is 0 Å². The molecule has 0 fully saturated rings. The Hall–Kier alpha value is -2.69. The molecule has 1 aliphatic rings. The van der Waals surface area contributed by atoms with E-state index in [0.29, 0.717) is 0 Å². The number of benzene rings is 2. The second-order valence-corrected chi connectivity index (χ2v) is 7.05. The Morgan fingerprint density at radius 2 is 1.88 bits per heavy atom. The van der Waals surface area contributed by atoms with Gasteiger partial charge in [0.25, 0.3) is 0 Å². The normalized spacial score (nSPS) is 16.4. The molecule has 1 aliphatic heterocycles. The number of carbonyl (C=O) groups is 1. The third-order valence-corrected chi connectivity index (χ3v) is 4.46. The summed E-state index contributed by atoms with van der Waals surface area (Å²) < 4.78 is 5.15. The van der Waals surface area contributed by atoms with Crippen LogP contribution in [0.5, 0.6) is 5.75 Å². The standard InChI is InChI=1S/C20H25N3O2/c1-14(19(24)21-15-9-11-16(25-4)12-10-15)23-13-20(2,3)22-17-7-5-6-8-18(17)23/h5-12,14,22H,13H2,1-4H3,(H,21,24). The van der Waals surface area contributed by atoms with Gasteiger partial charge in [0.05, 0.1) is 18.5 Å².